The van der Waals surface area contributed by atoms with Crippen molar-refractivity contribution in [3.8, 4) is 0 Å². The normalized spacial score (nSPS) is 18.1. The summed E-state index contributed by atoms with van der Waals surface area (Å²) in [5.41, 5.74) is 0.0915. The van der Waals surface area contributed by atoms with Gasteiger partial charge in [-0.3, -0.25) is 0 Å². The molecule has 0 radical (unpaired) electrons. The maximum atomic E-state index is 5.90. The molecule has 1 heterocycles. The van der Waals surface area contributed by atoms with Crippen LogP contribution in [0.5, 0.6) is 0 Å². The highest BCUT2D eigenvalue weighted by Crippen LogP contribution is 2.31. The zero-order chi connectivity index (χ0) is 12.5. The number of anilines is 2. The number of rotatable bonds is 3. The maximum Gasteiger partial charge on any atom is 0.230 e. The fraction of sp³-hybridized carbons (Fsp3) is 0.727. The maximum absolute atomic E-state index is 5.90. The molecule has 1 fully saturated rings. The van der Waals surface area contributed by atoms with Gasteiger partial charge in [-0.1, -0.05) is 12.8 Å². The Morgan fingerprint density at radius 2 is 1.82 bits per heavy atom. The largest absolute Gasteiger partial charge is 0.349 e. The minimum atomic E-state index is 0.0915. The van der Waals surface area contributed by atoms with Gasteiger partial charge in [-0.25, -0.2) is 0 Å². The molecule has 94 valence electrons. The van der Waals surface area contributed by atoms with Gasteiger partial charge in [0.2, 0.25) is 17.2 Å². The Hall–Kier alpha value is -1.10. The van der Waals surface area contributed by atoms with Crippen molar-refractivity contribution in [3.05, 3.63) is 5.28 Å². The number of hydrogen-bond donors (Lipinski definition) is 1. The summed E-state index contributed by atoms with van der Waals surface area (Å²) in [7, 11) is 3.76. The van der Waals surface area contributed by atoms with E-state index < -0.39 is 0 Å². The fourth-order valence-corrected chi connectivity index (χ4v) is 2.30. The molecule has 17 heavy (non-hydrogen) atoms. The van der Waals surface area contributed by atoms with Gasteiger partial charge in [-0.05, 0) is 31.4 Å². The number of hydrogen-bond acceptors (Lipinski definition) is 5. The van der Waals surface area contributed by atoms with E-state index in [1.54, 1.807) is 0 Å². The highest BCUT2D eigenvalue weighted by atomic mass is 35.5. The molecule has 0 aliphatic heterocycles. The van der Waals surface area contributed by atoms with Crippen molar-refractivity contribution in [2.75, 3.05) is 24.3 Å². The van der Waals surface area contributed by atoms with Crippen molar-refractivity contribution in [2.24, 2.45) is 0 Å². The first-order valence-electron chi connectivity index (χ1n) is 5.86. The van der Waals surface area contributed by atoms with Gasteiger partial charge in [0.25, 0.3) is 0 Å². The van der Waals surface area contributed by atoms with Gasteiger partial charge >= 0.3 is 0 Å². The molecule has 0 atom stereocenters. The molecule has 1 aliphatic carbocycles. The van der Waals surface area contributed by atoms with E-state index in [4.69, 9.17) is 11.6 Å². The van der Waals surface area contributed by atoms with E-state index in [9.17, 15) is 0 Å². The molecular formula is C11H18ClN5. The summed E-state index contributed by atoms with van der Waals surface area (Å²) in [4.78, 5) is 14.4. The molecule has 5 nitrogen and oxygen atoms in total. The molecule has 0 bridgehead atoms. The van der Waals surface area contributed by atoms with Gasteiger partial charge in [0.1, 0.15) is 0 Å². The molecule has 1 aromatic heterocycles. The third-order valence-corrected chi connectivity index (χ3v) is 3.29. The van der Waals surface area contributed by atoms with E-state index >= 15 is 0 Å². The molecule has 0 aromatic carbocycles. The summed E-state index contributed by atoms with van der Waals surface area (Å²) in [5.74, 6) is 1.15. The minimum Gasteiger partial charge on any atom is -0.349 e. The average Bonchev–Trinajstić information content (AvgIpc) is 2.63. The van der Waals surface area contributed by atoms with Gasteiger partial charge in [0.05, 0.1) is 0 Å². The number of nitrogens with zero attached hydrogens (tertiary/aromatic N) is 4. The predicted octanol–water partition coefficient (Wildman–Crippen LogP) is 2.34. The van der Waals surface area contributed by atoms with Crippen molar-refractivity contribution < 1.29 is 0 Å². The molecule has 0 spiro atoms. The molecule has 6 heteroatoms. The molecule has 0 unspecified atom stereocenters. The summed E-state index contributed by atoms with van der Waals surface area (Å²) in [5, 5.41) is 3.61. The van der Waals surface area contributed by atoms with Crippen LogP contribution in [0, 0.1) is 0 Å². The Kier molecular flexibility index (Phi) is 3.38. The van der Waals surface area contributed by atoms with Crippen LogP contribution in [0.2, 0.25) is 5.28 Å². The van der Waals surface area contributed by atoms with Crippen LogP contribution in [0.3, 0.4) is 0 Å². The van der Waals surface area contributed by atoms with E-state index in [0.29, 0.717) is 11.9 Å². The number of halogens is 1. The summed E-state index contributed by atoms with van der Waals surface area (Å²) in [6.45, 7) is 2.20. The fourth-order valence-electron chi connectivity index (χ4n) is 2.15. The quantitative estimate of drug-likeness (QED) is 0.899. The number of nitrogens with one attached hydrogen (secondary N) is 1. The second-order valence-electron chi connectivity index (χ2n) is 5.02. The van der Waals surface area contributed by atoms with Crippen molar-refractivity contribution in [2.45, 2.75) is 38.1 Å². The van der Waals surface area contributed by atoms with Crippen molar-refractivity contribution in [1.82, 2.24) is 15.0 Å². The van der Waals surface area contributed by atoms with Crippen LogP contribution in [0.1, 0.15) is 32.6 Å². The van der Waals surface area contributed by atoms with E-state index in [0.717, 1.165) is 12.8 Å². The first-order valence-corrected chi connectivity index (χ1v) is 6.23. The van der Waals surface area contributed by atoms with Gasteiger partial charge in [0.15, 0.2) is 0 Å². The molecule has 1 saturated carbocycles. The summed E-state index contributed by atoms with van der Waals surface area (Å²) in [6, 6.07) is 0. The first kappa shape index (κ1) is 12.4. The Balaban J connectivity index is 2.20. The first-order chi connectivity index (χ1) is 7.98. The smallest absolute Gasteiger partial charge is 0.230 e. The monoisotopic (exact) mass is 255 g/mol. The third-order valence-electron chi connectivity index (χ3n) is 3.12. The van der Waals surface area contributed by atoms with E-state index in [-0.39, 0.29) is 10.8 Å². The van der Waals surface area contributed by atoms with E-state index in [1.807, 2.05) is 19.0 Å². The second-order valence-corrected chi connectivity index (χ2v) is 5.35. The molecule has 1 N–H and O–H groups in total. The van der Waals surface area contributed by atoms with E-state index in [2.05, 4.69) is 27.2 Å². The molecular weight excluding hydrogens is 238 g/mol. The third kappa shape index (κ3) is 2.97. The standard InChI is InChI=1S/C11H18ClN5/c1-11(6-4-5-7-11)16-9-13-8(12)14-10(15-9)17(2)3/h4-7H2,1-3H3,(H,13,14,15,16). The van der Waals surface area contributed by atoms with Crippen LogP contribution in [0.15, 0.2) is 0 Å². The zero-order valence-corrected chi connectivity index (χ0v) is 11.3. The Labute approximate surface area is 107 Å². The highest BCUT2D eigenvalue weighted by Gasteiger charge is 2.29. The summed E-state index contributed by atoms with van der Waals surface area (Å²) >= 11 is 5.90. The SMILES string of the molecule is CN(C)c1nc(Cl)nc(NC2(C)CCCC2)n1. The summed E-state index contributed by atoms with van der Waals surface area (Å²) in [6.07, 6.45) is 4.80. The minimum absolute atomic E-state index is 0.0915. The van der Waals surface area contributed by atoms with Crippen LogP contribution in [0.4, 0.5) is 11.9 Å². The lowest BCUT2D eigenvalue weighted by Gasteiger charge is -2.25. The zero-order valence-electron chi connectivity index (χ0n) is 10.5. The van der Waals surface area contributed by atoms with Crippen LogP contribution in [-0.4, -0.2) is 34.6 Å². The molecule has 1 aliphatic rings. The van der Waals surface area contributed by atoms with Crippen molar-refractivity contribution in [3.63, 3.8) is 0 Å². The topological polar surface area (TPSA) is 53.9 Å². The second kappa shape index (κ2) is 4.64. The lowest BCUT2D eigenvalue weighted by atomic mass is 10.0. The van der Waals surface area contributed by atoms with Crippen LogP contribution < -0.4 is 10.2 Å². The molecule has 1 aromatic rings. The lowest BCUT2D eigenvalue weighted by Crippen LogP contribution is -2.32. The Morgan fingerprint density at radius 1 is 1.18 bits per heavy atom. The van der Waals surface area contributed by atoms with Gasteiger partial charge in [0, 0.05) is 19.6 Å². The Morgan fingerprint density at radius 3 is 2.41 bits per heavy atom. The van der Waals surface area contributed by atoms with Crippen LogP contribution >= 0.6 is 11.6 Å². The average molecular weight is 256 g/mol. The van der Waals surface area contributed by atoms with Gasteiger partial charge in [-0.15, -0.1) is 0 Å². The summed E-state index contributed by atoms with van der Waals surface area (Å²) < 4.78 is 0. The predicted molar refractivity (Wildman–Crippen MR) is 69.7 cm³/mol. The van der Waals surface area contributed by atoms with Gasteiger partial charge < -0.3 is 10.2 Å². The molecule has 2 rings (SSSR count). The van der Waals surface area contributed by atoms with Crippen LogP contribution in [0.25, 0.3) is 0 Å². The Bertz CT molecular complexity index is 401. The van der Waals surface area contributed by atoms with Gasteiger partial charge in [-0.2, -0.15) is 15.0 Å². The number of aromatic nitrogens is 3. The molecule has 0 amide bonds. The highest BCUT2D eigenvalue weighted by molar-refractivity contribution is 6.28. The van der Waals surface area contributed by atoms with E-state index in [1.165, 1.54) is 12.8 Å². The van der Waals surface area contributed by atoms with Crippen LogP contribution in [-0.2, 0) is 0 Å². The van der Waals surface area contributed by atoms with Crippen molar-refractivity contribution in [1.29, 1.82) is 0 Å². The molecule has 0 saturated heterocycles. The lowest BCUT2D eigenvalue weighted by molar-refractivity contribution is 0.528. The van der Waals surface area contributed by atoms with Crippen molar-refractivity contribution >= 4 is 23.5 Å².